The highest BCUT2D eigenvalue weighted by molar-refractivity contribution is 9.10. The number of aliphatic hydroxyl groups is 1. The van der Waals surface area contributed by atoms with E-state index in [1.807, 2.05) is 0 Å². The van der Waals surface area contributed by atoms with Gasteiger partial charge >= 0.3 is 0 Å². The van der Waals surface area contributed by atoms with E-state index in [2.05, 4.69) is 21.2 Å². The van der Waals surface area contributed by atoms with Crippen molar-refractivity contribution in [2.24, 2.45) is 5.41 Å². The van der Waals surface area contributed by atoms with Crippen LogP contribution in [0.1, 0.15) is 31.1 Å². The maximum Gasteiger partial charge on any atom is 0.257 e. The van der Waals surface area contributed by atoms with E-state index in [1.165, 1.54) is 0 Å². The summed E-state index contributed by atoms with van der Waals surface area (Å²) in [6.45, 7) is 5.32. The van der Waals surface area contributed by atoms with E-state index in [0.717, 1.165) is 12.1 Å². The molecule has 1 rings (SSSR count). The SMILES string of the molecule is CC(C)(C)C(O)CNC(=O)c1c(F)cc(Br)cc1F. The second kappa shape index (κ2) is 5.96. The molecule has 3 nitrogen and oxygen atoms in total. The molecule has 2 N–H and O–H groups in total. The lowest BCUT2D eigenvalue weighted by Crippen LogP contribution is -2.39. The first-order valence-electron chi connectivity index (χ1n) is 5.73. The van der Waals surface area contributed by atoms with Gasteiger partial charge in [0.15, 0.2) is 0 Å². The summed E-state index contributed by atoms with van der Waals surface area (Å²) in [5, 5.41) is 12.1. The van der Waals surface area contributed by atoms with Crippen molar-refractivity contribution in [3.8, 4) is 0 Å². The molecular formula is C13H16BrF2NO2. The predicted octanol–water partition coefficient (Wildman–Crippen LogP) is 2.86. The maximum atomic E-state index is 13.5. The normalized spacial score (nSPS) is 13.2. The van der Waals surface area contributed by atoms with Crippen molar-refractivity contribution in [1.29, 1.82) is 0 Å². The zero-order valence-electron chi connectivity index (χ0n) is 10.9. The third-order valence-electron chi connectivity index (χ3n) is 2.69. The Hall–Kier alpha value is -1.01. The summed E-state index contributed by atoms with van der Waals surface area (Å²) in [6.07, 6.45) is -0.807. The summed E-state index contributed by atoms with van der Waals surface area (Å²) in [4.78, 5) is 11.7. The average Bonchev–Trinajstić information content (AvgIpc) is 2.22. The monoisotopic (exact) mass is 335 g/mol. The third-order valence-corrected chi connectivity index (χ3v) is 3.15. The molecule has 0 saturated carbocycles. The fourth-order valence-electron chi connectivity index (χ4n) is 1.34. The van der Waals surface area contributed by atoms with Crippen molar-refractivity contribution >= 4 is 21.8 Å². The fraction of sp³-hybridized carbons (Fsp3) is 0.462. The predicted molar refractivity (Wildman–Crippen MR) is 71.9 cm³/mol. The van der Waals surface area contributed by atoms with E-state index in [-0.39, 0.29) is 11.0 Å². The van der Waals surface area contributed by atoms with Gasteiger partial charge in [0.1, 0.15) is 17.2 Å². The molecule has 0 bridgehead atoms. The second-order valence-electron chi connectivity index (χ2n) is 5.34. The highest BCUT2D eigenvalue weighted by atomic mass is 79.9. The number of nitrogens with one attached hydrogen (secondary N) is 1. The first kappa shape index (κ1) is 16.0. The van der Waals surface area contributed by atoms with Crippen LogP contribution < -0.4 is 5.32 Å². The molecule has 1 aromatic carbocycles. The zero-order chi connectivity index (χ0) is 14.8. The summed E-state index contributed by atoms with van der Waals surface area (Å²) in [6, 6.07) is 2.02. The minimum Gasteiger partial charge on any atom is -0.391 e. The molecule has 19 heavy (non-hydrogen) atoms. The lowest BCUT2D eigenvalue weighted by molar-refractivity contribution is 0.0584. The zero-order valence-corrected chi connectivity index (χ0v) is 12.5. The molecule has 106 valence electrons. The van der Waals surface area contributed by atoms with Crippen LogP contribution in [0.2, 0.25) is 0 Å². The minimum absolute atomic E-state index is 0.0721. The molecule has 0 aromatic heterocycles. The van der Waals surface area contributed by atoms with Crippen LogP contribution in [0.5, 0.6) is 0 Å². The summed E-state index contributed by atoms with van der Waals surface area (Å²) in [5.74, 6) is -2.78. The molecule has 0 saturated heterocycles. The van der Waals surface area contributed by atoms with Gasteiger partial charge in [-0.3, -0.25) is 4.79 Å². The van der Waals surface area contributed by atoms with Crippen molar-refractivity contribution < 1.29 is 18.7 Å². The van der Waals surface area contributed by atoms with Crippen molar-refractivity contribution in [2.45, 2.75) is 26.9 Å². The highest BCUT2D eigenvalue weighted by Crippen LogP contribution is 2.20. The topological polar surface area (TPSA) is 49.3 Å². The van der Waals surface area contributed by atoms with Crippen LogP contribution in [-0.2, 0) is 0 Å². The number of benzene rings is 1. The first-order valence-corrected chi connectivity index (χ1v) is 6.53. The van der Waals surface area contributed by atoms with Gasteiger partial charge in [-0.05, 0) is 17.5 Å². The van der Waals surface area contributed by atoms with Gasteiger partial charge in [-0.15, -0.1) is 0 Å². The van der Waals surface area contributed by atoms with E-state index in [9.17, 15) is 18.7 Å². The number of carbonyl (C=O) groups is 1. The van der Waals surface area contributed by atoms with Gasteiger partial charge in [0.2, 0.25) is 0 Å². The van der Waals surface area contributed by atoms with Crippen LogP contribution in [0.15, 0.2) is 16.6 Å². The van der Waals surface area contributed by atoms with Crippen molar-refractivity contribution in [1.82, 2.24) is 5.32 Å². The maximum absolute atomic E-state index is 13.5. The Bertz CT molecular complexity index is 463. The number of halogens is 3. The quantitative estimate of drug-likeness (QED) is 0.892. The van der Waals surface area contributed by atoms with Gasteiger partial charge < -0.3 is 10.4 Å². The molecule has 0 aliphatic carbocycles. The fourth-order valence-corrected chi connectivity index (χ4v) is 1.75. The molecule has 1 unspecified atom stereocenters. The molecule has 6 heteroatoms. The summed E-state index contributed by atoms with van der Waals surface area (Å²) in [5.41, 5.74) is -1.08. The Morgan fingerprint density at radius 1 is 1.37 bits per heavy atom. The third kappa shape index (κ3) is 4.24. The highest BCUT2D eigenvalue weighted by Gasteiger charge is 2.24. The summed E-state index contributed by atoms with van der Waals surface area (Å²) < 4.78 is 27.3. The van der Waals surface area contributed by atoms with E-state index in [4.69, 9.17) is 0 Å². The lowest BCUT2D eigenvalue weighted by Gasteiger charge is -2.25. The average molecular weight is 336 g/mol. The number of hydrogen-bond acceptors (Lipinski definition) is 2. The standard InChI is InChI=1S/C13H16BrF2NO2/c1-13(2,3)10(18)6-17-12(19)11-8(15)4-7(14)5-9(11)16/h4-5,10,18H,6H2,1-3H3,(H,17,19). The Kier molecular flexibility index (Phi) is 5.04. The summed E-state index contributed by atoms with van der Waals surface area (Å²) in [7, 11) is 0. The van der Waals surface area contributed by atoms with Gasteiger partial charge in [-0.1, -0.05) is 36.7 Å². The molecule has 1 amide bonds. The molecular weight excluding hydrogens is 320 g/mol. The van der Waals surface area contributed by atoms with Gasteiger partial charge in [0.05, 0.1) is 6.10 Å². The van der Waals surface area contributed by atoms with Gasteiger partial charge in [-0.25, -0.2) is 8.78 Å². The number of amides is 1. The number of hydrogen-bond donors (Lipinski definition) is 2. The van der Waals surface area contributed by atoms with Gasteiger partial charge in [-0.2, -0.15) is 0 Å². The van der Waals surface area contributed by atoms with E-state index in [1.54, 1.807) is 20.8 Å². The van der Waals surface area contributed by atoms with Crippen LogP contribution in [0.3, 0.4) is 0 Å². The van der Waals surface area contributed by atoms with Gasteiger partial charge in [0, 0.05) is 11.0 Å². The van der Waals surface area contributed by atoms with Crippen molar-refractivity contribution in [3.05, 3.63) is 33.8 Å². The minimum atomic E-state index is -0.949. The lowest BCUT2D eigenvalue weighted by atomic mass is 9.89. The van der Waals surface area contributed by atoms with Crippen LogP contribution in [0.25, 0.3) is 0 Å². The van der Waals surface area contributed by atoms with Crippen LogP contribution in [0.4, 0.5) is 8.78 Å². The molecule has 1 atom stereocenters. The number of carbonyl (C=O) groups excluding carboxylic acids is 1. The molecule has 0 fully saturated rings. The largest absolute Gasteiger partial charge is 0.391 e. The summed E-state index contributed by atoms with van der Waals surface area (Å²) >= 11 is 2.93. The molecule has 0 radical (unpaired) electrons. The Morgan fingerprint density at radius 3 is 2.26 bits per heavy atom. The second-order valence-corrected chi connectivity index (χ2v) is 6.25. The van der Waals surface area contributed by atoms with E-state index >= 15 is 0 Å². The molecule has 0 aliphatic heterocycles. The molecule has 0 aliphatic rings. The van der Waals surface area contributed by atoms with Crippen LogP contribution in [-0.4, -0.2) is 23.7 Å². The van der Waals surface area contributed by atoms with Crippen LogP contribution in [0, 0.1) is 17.0 Å². The van der Waals surface area contributed by atoms with Crippen molar-refractivity contribution in [2.75, 3.05) is 6.54 Å². The number of aliphatic hydroxyl groups excluding tert-OH is 1. The van der Waals surface area contributed by atoms with Gasteiger partial charge in [0.25, 0.3) is 5.91 Å². The van der Waals surface area contributed by atoms with E-state index in [0.29, 0.717) is 0 Å². The first-order chi connectivity index (χ1) is 8.62. The Balaban J connectivity index is 2.80. The molecule has 0 heterocycles. The number of rotatable bonds is 3. The Morgan fingerprint density at radius 2 is 1.84 bits per heavy atom. The molecule has 1 aromatic rings. The smallest absolute Gasteiger partial charge is 0.257 e. The van der Waals surface area contributed by atoms with E-state index < -0.39 is 34.6 Å². The van der Waals surface area contributed by atoms with Crippen LogP contribution >= 0.6 is 15.9 Å². The Labute approximate surface area is 119 Å². The van der Waals surface area contributed by atoms with Crippen molar-refractivity contribution in [3.63, 3.8) is 0 Å². The molecule has 0 spiro atoms.